The van der Waals surface area contributed by atoms with Gasteiger partial charge in [0.1, 0.15) is 11.5 Å². The highest BCUT2D eigenvalue weighted by molar-refractivity contribution is 7.99. The van der Waals surface area contributed by atoms with Crippen LogP contribution in [0.3, 0.4) is 0 Å². The molecule has 0 radical (unpaired) electrons. The van der Waals surface area contributed by atoms with Gasteiger partial charge in [-0.1, -0.05) is 17.8 Å². The van der Waals surface area contributed by atoms with E-state index in [-0.39, 0.29) is 6.61 Å². The number of hydrogen-bond acceptors (Lipinski definition) is 9. The van der Waals surface area contributed by atoms with Gasteiger partial charge in [0.2, 0.25) is 5.89 Å². The minimum Gasteiger partial charge on any atom is -0.497 e. The maximum atomic E-state index is 10.0. The minimum atomic E-state index is -0.623. The molecular formula is C18H20N2O5S2. The second kappa shape index (κ2) is 9.75. The average molecular weight is 409 g/mol. The Morgan fingerprint density at radius 1 is 1.19 bits per heavy atom. The van der Waals surface area contributed by atoms with Crippen molar-refractivity contribution in [1.82, 2.24) is 10.2 Å². The normalized spacial score (nSPS) is 12.1. The Hall–Kier alpha value is -2.07. The molecule has 144 valence electrons. The highest BCUT2D eigenvalue weighted by atomic mass is 32.2. The van der Waals surface area contributed by atoms with Crippen LogP contribution >= 0.6 is 23.1 Å². The molecule has 0 aliphatic rings. The topological polar surface area (TPSA) is 86.8 Å². The molecule has 0 saturated carbocycles. The van der Waals surface area contributed by atoms with Crippen LogP contribution in [-0.2, 0) is 11.3 Å². The molecule has 0 aliphatic heterocycles. The molecule has 0 spiro atoms. The number of thioether (sulfide) groups is 1. The first kappa shape index (κ1) is 19.7. The fourth-order valence-electron chi connectivity index (χ4n) is 2.22. The summed E-state index contributed by atoms with van der Waals surface area (Å²) in [6.45, 7) is 0.751. The molecule has 0 saturated heterocycles. The number of hydrogen-bond donors (Lipinski definition) is 1. The molecule has 0 aliphatic carbocycles. The van der Waals surface area contributed by atoms with Gasteiger partial charge in [0.25, 0.3) is 5.22 Å². The van der Waals surface area contributed by atoms with Gasteiger partial charge in [0.15, 0.2) is 0 Å². The SMILES string of the molecule is COc1cc(OC)cc(-c2nnc(SC[C@@H](O)COCc3cccs3)o2)c1. The second-order valence-corrected chi connectivity index (χ2v) is 7.54. The molecule has 1 aromatic carbocycles. The van der Waals surface area contributed by atoms with E-state index in [4.69, 9.17) is 18.6 Å². The first-order valence-electron chi connectivity index (χ1n) is 8.16. The van der Waals surface area contributed by atoms with Crippen molar-refractivity contribution in [2.24, 2.45) is 0 Å². The molecule has 0 amide bonds. The first-order valence-corrected chi connectivity index (χ1v) is 10.0. The highest BCUT2D eigenvalue weighted by Gasteiger charge is 2.14. The number of nitrogens with zero attached hydrogens (tertiary/aromatic N) is 2. The lowest BCUT2D eigenvalue weighted by atomic mass is 10.2. The number of aliphatic hydroxyl groups is 1. The molecule has 1 atom stereocenters. The Bertz CT molecular complexity index is 816. The number of aliphatic hydroxyl groups excluding tert-OH is 1. The van der Waals surface area contributed by atoms with E-state index in [0.717, 1.165) is 4.88 Å². The molecule has 0 unspecified atom stereocenters. The summed E-state index contributed by atoms with van der Waals surface area (Å²) in [7, 11) is 3.16. The molecule has 9 heteroatoms. The molecule has 3 aromatic rings. The number of aromatic nitrogens is 2. The fraction of sp³-hybridized carbons (Fsp3) is 0.333. The van der Waals surface area contributed by atoms with Gasteiger partial charge in [0.05, 0.1) is 33.5 Å². The summed E-state index contributed by atoms with van der Waals surface area (Å²) in [6.07, 6.45) is -0.623. The van der Waals surface area contributed by atoms with Gasteiger partial charge in [-0.3, -0.25) is 0 Å². The van der Waals surface area contributed by atoms with E-state index in [9.17, 15) is 5.11 Å². The second-order valence-electron chi connectivity index (χ2n) is 5.53. The Kier molecular flexibility index (Phi) is 7.11. The van der Waals surface area contributed by atoms with Crippen LogP contribution in [0.4, 0.5) is 0 Å². The van der Waals surface area contributed by atoms with E-state index in [1.165, 1.54) is 11.8 Å². The third-order valence-corrected chi connectivity index (χ3v) is 5.35. The summed E-state index contributed by atoms with van der Waals surface area (Å²) in [5, 5.41) is 20.5. The van der Waals surface area contributed by atoms with Crippen LogP contribution in [0.15, 0.2) is 45.4 Å². The van der Waals surface area contributed by atoms with E-state index in [1.807, 2.05) is 17.5 Å². The summed E-state index contributed by atoms with van der Waals surface area (Å²) in [4.78, 5) is 1.13. The minimum absolute atomic E-state index is 0.249. The van der Waals surface area contributed by atoms with E-state index in [1.54, 1.807) is 43.8 Å². The van der Waals surface area contributed by atoms with Crippen LogP contribution < -0.4 is 9.47 Å². The van der Waals surface area contributed by atoms with E-state index in [0.29, 0.717) is 40.5 Å². The summed E-state index contributed by atoms with van der Waals surface area (Å²) < 4.78 is 21.7. The van der Waals surface area contributed by atoms with Crippen LogP contribution in [0.25, 0.3) is 11.5 Å². The van der Waals surface area contributed by atoms with Crippen molar-refractivity contribution in [3.8, 4) is 23.0 Å². The van der Waals surface area contributed by atoms with Gasteiger partial charge in [-0.2, -0.15) is 0 Å². The zero-order valence-electron chi connectivity index (χ0n) is 15.0. The quantitative estimate of drug-likeness (QED) is 0.510. The zero-order valence-corrected chi connectivity index (χ0v) is 16.6. The van der Waals surface area contributed by atoms with Crippen LogP contribution in [-0.4, -0.2) is 48.0 Å². The number of thiophene rings is 1. The Balaban J connectivity index is 1.52. The average Bonchev–Trinajstić information content (AvgIpc) is 3.38. The lowest BCUT2D eigenvalue weighted by molar-refractivity contribution is 0.0408. The molecule has 0 bridgehead atoms. The fourth-order valence-corrected chi connectivity index (χ4v) is 3.53. The molecular weight excluding hydrogens is 388 g/mol. The van der Waals surface area contributed by atoms with Crippen LogP contribution in [0.1, 0.15) is 4.88 Å². The van der Waals surface area contributed by atoms with Crippen LogP contribution in [0, 0.1) is 0 Å². The van der Waals surface area contributed by atoms with Crippen molar-refractivity contribution < 1.29 is 23.7 Å². The maximum Gasteiger partial charge on any atom is 0.276 e. The molecule has 27 heavy (non-hydrogen) atoms. The maximum absolute atomic E-state index is 10.0. The zero-order chi connectivity index (χ0) is 19.1. The van der Waals surface area contributed by atoms with E-state index < -0.39 is 6.10 Å². The molecule has 1 N–H and O–H groups in total. The Morgan fingerprint density at radius 3 is 2.63 bits per heavy atom. The number of ether oxygens (including phenoxy) is 3. The third-order valence-electron chi connectivity index (χ3n) is 3.54. The van der Waals surface area contributed by atoms with Crippen molar-refractivity contribution in [1.29, 1.82) is 0 Å². The third kappa shape index (κ3) is 5.70. The monoisotopic (exact) mass is 408 g/mol. The predicted molar refractivity (Wildman–Crippen MR) is 104 cm³/mol. The number of rotatable bonds is 10. The van der Waals surface area contributed by atoms with Gasteiger partial charge in [-0.15, -0.1) is 21.5 Å². The molecule has 2 heterocycles. The van der Waals surface area contributed by atoms with Crippen molar-refractivity contribution in [3.05, 3.63) is 40.6 Å². The van der Waals surface area contributed by atoms with E-state index in [2.05, 4.69) is 10.2 Å². The summed E-state index contributed by atoms with van der Waals surface area (Å²) in [6, 6.07) is 9.32. The van der Waals surface area contributed by atoms with Crippen molar-refractivity contribution in [3.63, 3.8) is 0 Å². The number of methoxy groups -OCH3 is 2. The van der Waals surface area contributed by atoms with Crippen molar-refractivity contribution in [2.75, 3.05) is 26.6 Å². The molecule has 0 fully saturated rings. The highest BCUT2D eigenvalue weighted by Crippen LogP contribution is 2.30. The smallest absolute Gasteiger partial charge is 0.276 e. The standard InChI is InChI=1S/C18H20N2O5S2/c1-22-14-6-12(7-15(8-14)23-2)17-19-20-18(25-17)27-11-13(21)9-24-10-16-4-3-5-26-16/h3-8,13,21H,9-11H2,1-2H3/t13-/m0/s1. The lowest BCUT2D eigenvalue weighted by Crippen LogP contribution is -2.17. The molecule has 2 aromatic heterocycles. The van der Waals surface area contributed by atoms with E-state index >= 15 is 0 Å². The molecule has 3 rings (SSSR count). The lowest BCUT2D eigenvalue weighted by Gasteiger charge is -2.09. The Labute approximate surface area is 165 Å². The van der Waals surface area contributed by atoms with Gasteiger partial charge < -0.3 is 23.7 Å². The summed E-state index contributed by atoms with van der Waals surface area (Å²) >= 11 is 2.91. The largest absolute Gasteiger partial charge is 0.497 e. The Morgan fingerprint density at radius 2 is 1.96 bits per heavy atom. The van der Waals surface area contributed by atoms with Gasteiger partial charge >= 0.3 is 0 Å². The number of benzene rings is 1. The van der Waals surface area contributed by atoms with Crippen molar-refractivity contribution >= 4 is 23.1 Å². The molecule has 7 nitrogen and oxygen atoms in total. The first-order chi connectivity index (χ1) is 13.2. The van der Waals surface area contributed by atoms with Gasteiger partial charge in [-0.25, -0.2) is 0 Å². The van der Waals surface area contributed by atoms with Crippen molar-refractivity contribution in [2.45, 2.75) is 17.9 Å². The van der Waals surface area contributed by atoms with Gasteiger partial charge in [-0.05, 0) is 23.6 Å². The van der Waals surface area contributed by atoms with Crippen LogP contribution in [0.2, 0.25) is 0 Å². The summed E-state index contributed by atoms with van der Waals surface area (Å²) in [5.74, 6) is 2.02. The van der Waals surface area contributed by atoms with Crippen LogP contribution in [0.5, 0.6) is 11.5 Å². The van der Waals surface area contributed by atoms with Gasteiger partial charge in [0, 0.05) is 22.3 Å². The predicted octanol–water partition coefficient (Wildman–Crippen LogP) is 3.49. The summed E-state index contributed by atoms with van der Waals surface area (Å²) in [5.41, 5.74) is 0.699.